The van der Waals surface area contributed by atoms with E-state index in [-0.39, 0.29) is 6.54 Å². The van der Waals surface area contributed by atoms with E-state index >= 15 is 0 Å². The molecule has 2 amide bonds. The van der Waals surface area contributed by atoms with Gasteiger partial charge >= 0.3 is 6.09 Å². The highest BCUT2D eigenvalue weighted by Gasteiger charge is 2.32. The molecule has 2 aromatic rings. The number of alkyl halides is 1. The first-order valence-corrected chi connectivity index (χ1v) is 9.10. The molecule has 4 rings (SSSR count). The number of piperidine rings is 1. The van der Waals surface area contributed by atoms with Crippen LogP contribution in [0.4, 0.5) is 15.1 Å². The molecule has 26 heavy (non-hydrogen) atoms. The molecule has 8 nitrogen and oxygen atoms in total. The molecule has 0 bridgehead atoms. The SMILES string of the molecule is O=C(O)N1CCc2nc(-c3cnc(N4CCCC(F)C4)nc3)sc2C1=O. The van der Waals surface area contributed by atoms with Gasteiger partial charge in [-0.15, -0.1) is 11.3 Å². The Balaban J connectivity index is 1.57. The summed E-state index contributed by atoms with van der Waals surface area (Å²) in [6.45, 7) is 1.13. The third kappa shape index (κ3) is 3.00. The Morgan fingerprint density at radius 3 is 2.77 bits per heavy atom. The van der Waals surface area contributed by atoms with E-state index in [0.717, 1.165) is 29.2 Å². The van der Waals surface area contributed by atoms with Crippen LogP contribution in [0.5, 0.6) is 0 Å². The zero-order valence-electron chi connectivity index (χ0n) is 13.8. The van der Waals surface area contributed by atoms with Crippen LogP contribution in [-0.4, -0.2) is 62.8 Å². The molecule has 2 aliphatic heterocycles. The van der Waals surface area contributed by atoms with E-state index < -0.39 is 18.2 Å². The number of aromatic nitrogens is 3. The summed E-state index contributed by atoms with van der Waals surface area (Å²) in [5, 5.41) is 9.64. The number of thiazole rings is 1. The summed E-state index contributed by atoms with van der Waals surface area (Å²) >= 11 is 1.14. The number of hydrogen-bond donors (Lipinski definition) is 1. The predicted octanol–water partition coefficient (Wildman–Crippen LogP) is 2.21. The van der Waals surface area contributed by atoms with Crippen LogP contribution in [-0.2, 0) is 6.42 Å². The summed E-state index contributed by atoms with van der Waals surface area (Å²) in [4.78, 5) is 39.4. The first-order valence-electron chi connectivity index (χ1n) is 8.29. The topological polar surface area (TPSA) is 99.5 Å². The number of carboxylic acid groups (broad SMARTS) is 1. The van der Waals surface area contributed by atoms with Crippen molar-refractivity contribution >= 4 is 29.3 Å². The highest BCUT2D eigenvalue weighted by Crippen LogP contribution is 2.31. The van der Waals surface area contributed by atoms with Crippen molar-refractivity contribution in [2.45, 2.75) is 25.4 Å². The van der Waals surface area contributed by atoms with E-state index in [1.807, 2.05) is 4.90 Å². The second-order valence-electron chi connectivity index (χ2n) is 6.24. The molecule has 0 aromatic carbocycles. The third-order valence-corrected chi connectivity index (χ3v) is 5.61. The minimum absolute atomic E-state index is 0.110. The molecule has 1 unspecified atom stereocenters. The lowest BCUT2D eigenvalue weighted by Gasteiger charge is -2.28. The third-order valence-electron chi connectivity index (χ3n) is 4.47. The summed E-state index contributed by atoms with van der Waals surface area (Å²) in [5.41, 5.74) is 1.25. The van der Waals surface area contributed by atoms with Gasteiger partial charge in [-0.2, -0.15) is 0 Å². The predicted molar refractivity (Wildman–Crippen MR) is 92.2 cm³/mol. The van der Waals surface area contributed by atoms with Crippen molar-refractivity contribution in [3.63, 3.8) is 0 Å². The van der Waals surface area contributed by atoms with Gasteiger partial charge in [-0.3, -0.25) is 4.79 Å². The van der Waals surface area contributed by atoms with Gasteiger partial charge in [-0.1, -0.05) is 0 Å². The van der Waals surface area contributed by atoms with Crippen LogP contribution in [0.3, 0.4) is 0 Å². The van der Waals surface area contributed by atoms with Crippen molar-refractivity contribution in [1.82, 2.24) is 19.9 Å². The molecule has 2 aliphatic rings. The molecule has 4 heterocycles. The summed E-state index contributed by atoms with van der Waals surface area (Å²) in [6.07, 6.45) is 2.84. The van der Waals surface area contributed by atoms with E-state index in [2.05, 4.69) is 15.0 Å². The number of rotatable bonds is 2. The highest BCUT2D eigenvalue weighted by molar-refractivity contribution is 7.17. The second-order valence-corrected chi connectivity index (χ2v) is 7.24. The minimum atomic E-state index is -1.25. The van der Waals surface area contributed by atoms with Crippen LogP contribution in [0.15, 0.2) is 12.4 Å². The quantitative estimate of drug-likeness (QED) is 0.856. The Bertz CT molecular complexity index is 856. The minimum Gasteiger partial charge on any atom is -0.465 e. The lowest BCUT2D eigenvalue weighted by molar-refractivity contribution is 0.0731. The number of carbonyl (C=O) groups is 2. The van der Waals surface area contributed by atoms with Crippen molar-refractivity contribution in [3.05, 3.63) is 23.0 Å². The number of fused-ring (bicyclic) bond motifs is 1. The van der Waals surface area contributed by atoms with Crippen LogP contribution >= 0.6 is 11.3 Å². The van der Waals surface area contributed by atoms with E-state index in [0.29, 0.717) is 46.5 Å². The van der Waals surface area contributed by atoms with Crippen molar-refractivity contribution in [3.8, 4) is 10.6 Å². The van der Waals surface area contributed by atoms with Crippen molar-refractivity contribution in [2.24, 2.45) is 0 Å². The van der Waals surface area contributed by atoms with Gasteiger partial charge < -0.3 is 10.0 Å². The van der Waals surface area contributed by atoms with Crippen molar-refractivity contribution in [1.29, 1.82) is 0 Å². The lowest BCUT2D eigenvalue weighted by atomic mass is 10.1. The van der Waals surface area contributed by atoms with E-state index in [1.165, 1.54) is 0 Å². The largest absolute Gasteiger partial charge is 0.465 e. The van der Waals surface area contributed by atoms with Gasteiger partial charge in [0.2, 0.25) is 5.95 Å². The van der Waals surface area contributed by atoms with Crippen molar-refractivity contribution in [2.75, 3.05) is 24.5 Å². The normalized spacial score (nSPS) is 20.2. The fraction of sp³-hybridized carbons (Fsp3) is 0.438. The highest BCUT2D eigenvalue weighted by atomic mass is 32.1. The van der Waals surface area contributed by atoms with Gasteiger partial charge in [0, 0.05) is 37.5 Å². The summed E-state index contributed by atoms with van der Waals surface area (Å²) < 4.78 is 13.5. The molecule has 1 N–H and O–H groups in total. The monoisotopic (exact) mass is 377 g/mol. The Labute approximate surface area is 152 Å². The molecule has 2 aromatic heterocycles. The summed E-state index contributed by atoms with van der Waals surface area (Å²) in [5.74, 6) is -0.0621. The fourth-order valence-electron chi connectivity index (χ4n) is 3.14. The van der Waals surface area contributed by atoms with E-state index in [1.54, 1.807) is 12.4 Å². The van der Waals surface area contributed by atoms with E-state index in [9.17, 15) is 14.0 Å². The van der Waals surface area contributed by atoms with Gasteiger partial charge in [0.05, 0.1) is 12.2 Å². The van der Waals surface area contributed by atoms with Gasteiger partial charge in [-0.25, -0.2) is 29.0 Å². The molecule has 10 heteroatoms. The molecule has 1 atom stereocenters. The maximum atomic E-state index is 13.5. The zero-order valence-corrected chi connectivity index (χ0v) is 14.6. The fourth-order valence-corrected chi connectivity index (χ4v) is 4.17. The zero-order chi connectivity index (χ0) is 18.3. The Morgan fingerprint density at radius 2 is 2.08 bits per heavy atom. The standard InChI is InChI=1S/C16H16FN5O3S/c17-10-2-1-4-21(8-10)15-18-6-9(7-19-15)13-20-11-3-5-22(16(24)25)14(23)12(11)26-13/h6-7,10H,1-5,8H2,(H,24,25). The average Bonchev–Trinajstić information content (AvgIpc) is 3.07. The summed E-state index contributed by atoms with van der Waals surface area (Å²) in [7, 11) is 0. The van der Waals surface area contributed by atoms with Crippen LogP contribution < -0.4 is 4.90 Å². The molecule has 0 radical (unpaired) electrons. The van der Waals surface area contributed by atoms with Crippen LogP contribution in [0.1, 0.15) is 28.2 Å². The van der Waals surface area contributed by atoms with E-state index in [4.69, 9.17) is 5.11 Å². The van der Waals surface area contributed by atoms with Gasteiger partial charge in [0.1, 0.15) is 16.1 Å². The number of carbonyl (C=O) groups excluding carboxylic acids is 1. The molecule has 136 valence electrons. The molecule has 1 fully saturated rings. The van der Waals surface area contributed by atoms with Crippen LogP contribution in [0.2, 0.25) is 0 Å². The first kappa shape index (κ1) is 16.8. The van der Waals surface area contributed by atoms with Gasteiger partial charge in [0.25, 0.3) is 5.91 Å². The molecular formula is C16H16FN5O3S. The number of imide groups is 1. The molecule has 0 spiro atoms. The number of amides is 2. The lowest BCUT2D eigenvalue weighted by Crippen LogP contribution is -2.40. The molecular weight excluding hydrogens is 361 g/mol. The molecule has 0 aliphatic carbocycles. The maximum absolute atomic E-state index is 13.5. The number of halogens is 1. The smallest absolute Gasteiger partial charge is 0.414 e. The van der Waals surface area contributed by atoms with Gasteiger partial charge in [0.15, 0.2) is 0 Å². The van der Waals surface area contributed by atoms with Crippen molar-refractivity contribution < 1.29 is 19.1 Å². The van der Waals surface area contributed by atoms with Gasteiger partial charge in [-0.05, 0) is 12.8 Å². The maximum Gasteiger partial charge on any atom is 0.414 e. The average molecular weight is 377 g/mol. The molecule has 0 saturated carbocycles. The number of nitrogens with zero attached hydrogens (tertiary/aromatic N) is 5. The molecule has 1 saturated heterocycles. The number of hydrogen-bond acceptors (Lipinski definition) is 7. The Kier molecular flexibility index (Phi) is 4.27. The first-order chi connectivity index (χ1) is 12.5. The Hall–Kier alpha value is -2.62. The number of anilines is 1. The van der Waals surface area contributed by atoms with Crippen LogP contribution in [0.25, 0.3) is 10.6 Å². The second kappa shape index (κ2) is 6.60. The summed E-state index contributed by atoms with van der Waals surface area (Å²) in [6, 6.07) is 0. The van der Waals surface area contributed by atoms with Crippen LogP contribution in [0, 0.1) is 0 Å². The Morgan fingerprint density at radius 1 is 1.31 bits per heavy atom.